The lowest BCUT2D eigenvalue weighted by Crippen LogP contribution is -2.49. The Labute approximate surface area is 285 Å². The Bertz CT molecular complexity index is 1980. The first-order chi connectivity index (χ1) is 23.9. The Morgan fingerprint density at radius 2 is 1.52 bits per heavy atom. The van der Waals surface area contributed by atoms with E-state index in [-0.39, 0.29) is 18.8 Å². The lowest BCUT2D eigenvalue weighted by atomic mass is 9.78. The topological polar surface area (TPSA) is 196 Å². The van der Waals surface area contributed by atoms with E-state index >= 15 is 0 Å². The Morgan fingerprint density at radius 3 is 2.22 bits per heavy atom. The smallest absolute Gasteiger partial charge is 0.303 e. The first-order valence-corrected chi connectivity index (χ1v) is 15.8. The van der Waals surface area contributed by atoms with Crippen LogP contribution in [0.2, 0.25) is 0 Å². The van der Waals surface area contributed by atoms with Crippen molar-refractivity contribution >= 4 is 57.6 Å². The molecule has 2 aromatic heterocycles. The molecule has 3 heterocycles. The van der Waals surface area contributed by atoms with Crippen LogP contribution in [0.5, 0.6) is 0 Å². The number of hydrogen-bond acceptors (Lipinski definition) is 15. The van der Waals surface area contributed by atoms with Crippen molar-refractivity contribution in [1.29, 1.82) is 0 Å². The standard InChI is InChI=1S/C34H35N5O11/c1-16(40)45-13-25-24(46-17(2)41)12-26(50-25)39-15-37-29-33(35-14-36-34(29)39)38-28-27-22-9-7-6-8-21(22)10-11-23(27)30(47-18(3)42)32(49-20(5)44)31(28)48-19(4)43/h6-11,14-15,24-26,28,30-32H,12-13H2,1-5H3,(H,35,36,38)/t24-,25+,26+,28-,30+,31+,32-/m0/s1. The third-order valence-electron chi connectivity index (χ3n) is 8.38. The summed E-state index contributed by atoms with van der Waals surface area (Å²) in [6, 6.07) is 10.3. The number of carbonyl (C=O) groups excluding carboxylic acids is 5. The van der Waals surface area contributed by atoms with Crippen LogP contribution in [0.3, 0.4) is 0 Å². The fourth-order valence-electron chi connectivity index (χ4n) is 6.60. The van der Waals surface area contributed by atoms with Gasteiger partial charge in [-0.2, -0.15) is 0 Å². The van der Waals surface area contributed by atoms with Gasteiger partial charge in [-0.15, -0.1) is 0 Å². The maximum Gasteiger partial charge on any atom is 0.303 e. The molecule has 0 bridgehead atoms. The first-order valence-electron chi connectivity index (χ1n) is 15.8. The van der Waals surface area contributed by atoms with Crippen molar-refractivity contribution in [1.82, 2.24) is 19.5 Å². The molecule has 4 aromatic rings. The van der Waals surface area contributed by atoms with Crippen LogP contribution in [0, 0.1) is 0 Å². The number of ether oxygens (including phenoxy) is 6. The summed E-state index contributed by atoms with van der Waals surface area (Å²) in [6.45, 7) is 6.11. The van der Waals surface area contributed by atoms with Gasteiger partial charge in [0.15, 0.2) is 35.3 Å². The summed E-state index contributed by atoms with van der Waals surface area (Å²) in [6.07, 6.45) is -2.63. The molecule has 2 aromatic carbocycles. The molecular weight excluding hydrogens is 654 g/mol. The molecule has 1 saturated heterocycles. The number of nitrogens with one attached hydrogen (secondary N) is 1. The second-order valence-corrected chi connectivity index (χ2v) is 12.0. The van der Waals surface area contributed by atoms with Gasteiger partial charge in [0.2, 0.25) is 0 Å². The van der Waals surface area contributed by atoms with Crippen LogP contribution < -0.4 is 5.32 Å². The molecule has 1 aliphatic carbocycles. The van der Waals surface area contributed by atoms with Crippen LogP contribution in [0.15, 0.2) is 49.1 Å². The summed E-state index contributed by atoms with van der Waals surface area (Å²) in [5.74, 6) is -2.73. The van der Waals surface area contributed by atoms with Crippen LogP contribution in [-0.4, -0.2) is 80.4 Å². The maximum absolute atomic E-state index is 12.6. The number of fused-ring (bicyclic) bond motifs is 4. The molecule has 0 amide bonds. The van der Waals surface area contributed by atoms with Gasteiger partial charge < -0.3 is 33.7 Å². The molecule has 1 N–H and O–H groups in total. The monoisotopic (exact) mass is 689 g/mol. The van der Waals surface area contributed by atoms with Gasteiger partial charge in [-0.1, -0.05) is 36.4 Å². The van der Waals surface area contributed by atoms with Crippen molar-refractivity contribution < 1.29 is 52.4 Å². The normalized spacial score (nSPS) is 24.2. The number of anilines is 1. The molecular formula is C34H35N5O11. The molecule has 7 atom stereocenters. The van der Waals surface area contributed by atoms with Crippen molar-refractivity contribution in [2.24, 2.45) is 0 Å². The predicted octanol–water partition coefficient (Wildman–Crippen LogP) is 3.40. The van der Waals surface area contributed by atoms with Gasteiger partial charge in [0.25, 0.3) is 0 Å². The summed E-state index contributed by atoms with van der Waals surface area (Å²) in [5, 5.41) is 5.00. The van der Waals surface area contributed by atoms with E-state index in [2.05, 4.69) is 20.3 Å². The number of rotatable bonds is 9. The van der Waals surface area contributed by atoms with E-state index in [4.69, 9.17) is 28.4 Å². The number of benzene rings is 2. The van der Waals surface area contributed by atoms with Crippen molar-refractivity contribution in [3.05, 3.63) is 60.2 Å². The van der Waals surface area contributed by atoms with Gasteiger partial charge in [0, 0.05) is 46.6 Å². The minimum atomic E-state index is -1.24. The average molecular weight is 690 g/mol. The van der Waals surface area contributed by atoms with Crippen molar-refractivity contribution in [2.45, 2.75) is 83.8 Å². The van der Waals surface area contributed by atoms with Crippen LogP contribution in [0.1, 0.15) is 70.5 Å². The molecule has 16 heteroatoms. The summed E-state index contributed by atoms with van der Waals surface area (Å²) >= 11 is 0. The molecule has 2 aliphatic rings. The Morgan fingerprint density at radius 1 is 0.820 bits per heavy atom. The highest BCUT2D eigenvalue weighted by Gasteiger charge is 2.50. The Balaban J connectivity index is 1.44. The van der Waals surface area contributed by atoms with Crippen molar-refractivity contribution in [2.75, 3.05) is 11.9 Å². The minimum Gasteiger partial charge on any atom is -0.463 e. The summed E-state index contributed by atoms with van der Waals surface area (Å²) in [4.78, 5) is 74.2. The molecule has 1 aliphatic heterocycles. The third-order valence-corrected chi connectivity index (χ3v) is 8.38. The molecule has 0 unspecified atom stereocenters. The van der Waals surface area contributed by atoms with Crippen LogP contribution in [-0.2, 0) is 52.4 Å². The number of esters is 5. The number of nitrogens with zero attached hydrogens (tertiary/aromatic N) is 4. The van der Waals surface area contributed by atoms with Crippen LogP contribution >= 0.6 is 0 Å². The zero-order valence-corrected chi connectivity index (χ0v) is 27.9. The molecule has 6 rings (SSSR count). The second kappa shape index (κ2) is 14.1. The van der Waals surface area contributed by atoms with E-state index in [1.807, 2.05) is 30.3 Å². The fourth-order valence-corrected chi connectivity index (χ4v) is 6.60. The highest BCUT2D eigenvalue weighted by molar-refractivity contribution is 5.89. The molecule has 0 radical (unpaired) electrons. The Hall–Kier alpha value is -5.64. The van der Waals surface area contributed by atoms with Crippen LogP contribution in [0.25, 0.3) is 21.9 Å². The molecule has 0 saturated carbocycles. The van der Waals surface area contributed by atoms with Gasteiger partial charge in [-0.25, -0.2) is 15.0 Å². The quantitative estimate of drug-likeness (QED) is 0.198. The Kier molecular flexibility index (Phi) is 9.63. The first kappa shape index (κ1) is 34.2. The summed E-state index contributed by atoms with van der Waals surface area (Å²) in [5.41, 5.74) is 1.84. The highest BCUT2D eigenvalue weighted by Crippen LogP contribution is 2.46. The minimum absolute atomic E-state index is 0.122. The van der Waals surface area contributed by atoms with E-state index in [1.54, 1.807) is 10.6 Å². The molecule has 1 fully saturated rings. The second-order valence-electron chi connectivity index (χ2n) is 12.0. The SMILES string of the molecule is CC(=O)OC[C@H]1O[C@@H](n2cnc3c(N[C@H]4c5c(ccc6ccccc56)[C@@H](OC(C)=O)[C@H](OC(C)=O)[C@@H]4OC(C)=O)ncnc32)C[C@@H]1OC(C)=O. The van der Waals surface area contributed by atoms with Crippen molar-refractivity contribution in [3.8, 4) is 0 Å². The molecule has 0 spiro atoms. The lowest BCUT2D eigenvalue weighted by Gasteiger charge is -2.42. The van der Waals surface area contributed by atoms with Gasteiger partial charge in [-0.05, 0) is 16.3 Å². The van der Waals surface area contributed by atoms with E-state index < -0.39 is 72.6 Å². The maximum atomic E-state index is 12.6. The number of hydrogen-bond donors (Lipinski definition) is 1. The fraction of sp³-hybridized carbons (Fsp3) is 0.412. The van der Waals surface area contributed by atoms with Gasteiger partial charge in [0.1, 0.15) is 31.4 Å². The number of carbonyl (C=O) groups is 5. The number of aromatic nitrogens is 4. The highest BCUT2D eigenvalue weighted by atomic mass is 16.6. The zero-order valence-electron chi connectivity index (χ0n) is 27.9. The summed E-state index contributed by atoms with van der Waals surface area (Å²) in [7, 11) is 0. The number of imidazole rings is 1. The molecule has 50 heavy (non-hydrogen) atoms. The van der Waals surface area contributed by atoms with E-state index in [0.29, 0.717) is 22.3 Å². The molecule has 262 valence electrons. The largest absolute Gasteiger partial charge is 0.463 e. The van der Waals surface area contributed by atoms with E-state index in [1.165, 1.54) is 47.3 Å². The van der Waals surface area contributed by atoms with E-state index in [0.717, 1.165) is 10.8 Å². The predicted molar refractivity (Wildman–Crippen MR) is 172 cm³/mol. The average Bonchev–Trinajstić information content (AvgIpc) is 3.66. The van der Waals surface area contributed by atoms with Crippen LogP contribution in [0.4, 0.5) is 5.82 Å². The van der Waals surface area contributed by atoms with Gasteiger partial charge in [0.05, 0.1) is 12.4 Å². The lowest BCUT2D eigenvalue weighted by molar-refractivity contribution is -0.187. The third kappa shape index (κ3) is 6.92. The van der Waals surface area contributed by atoms with Crippen molar-refractivity contribution in [3.63, 3.8) is 0 Å². The van der Waals surface area contributed by atoms with E-state index in [9.17, 15) is 24.0 Å². The van der Waals surface area contributed by atoms with Gasteiger partial charge >= 0.3 is 29.8 Å². The zero-order chi connectivity index (χ0) is 35.7. The summed E-state index contributed by atoms with van der Waals surface area (Å²) < 4.78 is 35.7. The van der Waals surface area contributed by atoms with Gasteiger partial charge in [-0.3, -0.25) is 28.5 Å². The molecule has 16 nitrogen and oxygen atoms in total.